The number of nitrogens with zero attached hydrogens (tertiary/aromatic N) is 3. The Balaban J connectivity index is 1.54. The van der Waals surface area contributed by atoms with Crippen LogP contribution in [0.4, 0.5) is 20.4 Å². The third kappa shape index (κ3) is 5.16. The van der Waals surface area contributed by atoms with E-state index >= 15 is 0 Å². The Labute approximate surface area is 207 Å². The molecule has 10 heteroatoms. The van der Waals surface area contributed by atoms with Crippen molar-refractivity contribution in [2.75, 3.05) is 18.4 Å². The molecule has 0 bridgehead atoms. The van der Waals surface area contributed by atoms with E-state index < -0.39 is 23.0 Å². The molecule has 0 atom stereocenters. The number of hydrogen-bond acceptors (Lipinski definition) is 5. The zero-order valence-corrected chi connectivity index (χ0v) is 20.6. The van der Waals surface area contributed by atoms with Gasteiger partial charge in [0.05, 0.1) is 10.4 Å². The monoisotopic (exact) mass is 503 g/mol. The van der Waals surface area contributed by atoms with Crippen LogP contribution in [0.3, 0.4) is 0 Å². The quantitative estimate of drug-likeness (QED) is 0.404. The summed E-state index contributed by atoms with van der Waals surface area (Å²) in [6.07, 6.45) is 0.899. The second kappa shape index (κ2) is 9.91. The first-order valence-electron chi connectivity index (χ1n) is 11.4. The molecule has 1 aliphatic rings. The van der Waals surface area contributed by atoms with E-state index in [4.69, 9.17) is 11.6 Å². The van der Waals surface area contributed by atoms with Gasteiger partial charge in [-0.05, 0) is 63.9 Å². The van der Waals surface area contributed by atoms with Crippen LogP contribution < -0.4 is 5.32 Å². The van der Waals surface area contributed by atoms with Crippen molar-refractivity contribution in [1.29, 1.82) is 0 Å². The lowest BCUT2D eigenvalue weighted by Gasteiger charge is -2.39. The first-order chi connectivity index (χ1) is 16.6. The highest BCUT2D eigenvalue weighted by Crippen LogP contribution is 2.38. The van der Waals surface area contributed by atoms with Gasteiger partial charge < -0.3 is 10.4 Å². The highest BCUT2D eigenvalue weighted by atomic mass is 35.5. The van der Waals surface area contributed by atoms with Crippen molar-refractivity contribution in [1.82, 2.24) is 20.1 Å². The summed E-state index contributed by atoms with van der Waals surface area (Å²) in [6.45, 7) is 6.57. The van der Waals surface area contributed by atoms with E-state index in [1.54, 1.807) is 32.0 Å². The van der Waals surface area contributed by atoms with Crippen molar-refractivity contribution >= 4 is 29.2 Å². The van der Waals surface area contributed by atoms with E-state index in [9.17, 15) is 18.7 Å². The van der Waals surface area contributed by atoms with Gasteiger partial charge in [0.25, 0.3) is 0 Å². The minimum atomic E-state index is -1.05. The van der Waals surface area contributed by atoms with Gasteiger partial charge in [-0.15, -0.1) is 0 Å². The van der Waals surface area contributed by atoms with Gasteiger partial charge in [0, 0.05) is 36.0 Å². The zero-order valence-electron chi connectivity index (χ0n) is 19.9. The van der Waals surface area contributed by atoms with Crippen LogP contribution in [-0.4, -0.2) is 44.2 Å². The second-order valence-electron chi connectivity index (χ2n) is 9.28. The lowest BCUT2D eigenvalue weighted by molar-refractivity contribution is -0.152. The fourth-order valence-electron chi connectivity index (χ4n) is 4.52. The third-order valence-corrected chi connectivity index (χ3v) is 7.22. The van der Waals surface area contributed by atoms with Crippen molar-refractivity contribution in [3.05, 3.63) is 69.0 Å². The number of aromatic nitrogens is 3. The lowest BCUT2D eigenvalue weighted by atomic mass is 9.74. The predicted octanol–water partition coefficient (Wildman–Crippen LogP) is 5.31. The molecule has 1 saturated heterocycles. The van der Waals surface area contributed by atoms with Crippen LogP contribution in [0.1, 0.15) is 40.9 Å². The summed E-state index contributed by atoms with van der Waals surface area (Å²) in [5, 5.41) is 20.0. The molecule has 3 heterocycles. The van der Waals surface area contributed by atoms with Crippen LogP contribution in [0.5, 0.6) is 0 Å². The van der Waals surface area contributed by atoms with Crippen LogP contribution in [0.15, 0.2) is 24.3 Å². The highest BCUT2D eigenvalue weighted by Gasteiger charge is 2.42. The normalized spacial score (nSPS) is 15.8. The summed E-state index contributed by atoms with van der Waals surface area (Å²) < 4.78 is 29.3. The average molecular weight is 504 g/mol. The molecule has 0 aliphatic carbocycles. The van der Waals surface area contributed by atoms with E-state index in [-0.39, 0.29) is 17.3 Å². The van der Waals surface area contributed by atoms with Crippen molar-refractivity contribution in [2.24, 2.45) is 5.41 Å². The number of carboxylic acids is 1. The number of halogens is 3. The number of H-pyrrole nitrogens is 1. The lowest BCUT2D eigenvalue weighted by Crippen LogP contribution is -2.45. The number of likely N-dealkylation sites (tertiary alicyclic amines) is 1. The standard InChI is InChI=1S/C25H28ClF2N5O2/c1-14-11-20(32-31-14)30-23-21(27)16(3)15(2)19(29-23)12-25(24(34)35)7-9-33(10-8-25)13-17-5-4-6-18(26)22(17)28/h4-6,11H,7-10,12-13H2,1-3H3,(H,34,35)(H2,29,30,31,32). The average Bonchev–Trinajstić information content (AvgIpc) is 3.24. The maximum absolute atomic E-state index is 15.0. The van der Waals surface area contributed by atoms with Crippen molar-refractivity contribution in [2.45, 2.75) is 46.6 Å². The fourth-order valence-corrected chi connectivity index (χ4v) is 4.72. The van der Waals surface area contributed by atoms with Crippen LogP contribution in [0.2, 0.25) is 5.02 Å². The number of carbonyl (C=O) groups is 1. The molecular weight excluding hydrogens is 476 g/mol. The molecule has 0 spiro atoms. The van der Waals surface area contributed by atoms with Crippen molar-refractivity contribution < 1.29 is 18.7 Å². The number of piperidine rings is 1. The van der Waals surface area contributed by atoms with E-state index in [0.717, 1.165) is 5.69 Å². The summed E-state index contributed by atoms with van der Waals surface area (Å²) >= 11 is 5.90. The van der Waals surface area contributed by atoms with E-state index in [0.29, 0.717) is 60.7 Å². The van der Waals surface area contributed by atoms with Gasteiger partial charge in [0.2, 0.25) is 0 Å². The molecule has 0 unspecified atom stereocenters. The van der Waals surface area contributed by atoms with Gasteiger partial charge in [0.1, 0.15) is 5.82 Å². The number of hydrogen-bond donors (Lipinski definition) is 3. The number of aryl methyl sites for hydroxylation is 1. The minimum absolute atomic E-state index is 0.0176. The molecule has 7 nitrogen and oxygen atoms in total. The molecule has 3 aromatic rings. The molecule has 4 rings (SSSR count). The molecule has 3 N–H and O–H groups in total. The van der Waals surface area contributed by atoms with Crippen LogP contribution in [0, 0.1) is 37.8 Å². The first kappa shape index (κ1) is 25.1. The molecular formula is C25H28ClF2N5O2. The summed E-state index contributed by atoms with van der Waals surface area (Å²) in [5.74, 6) is -1.40. The number of rotatable bonds is 7. The smallest absolute Gasteiger partial charge is 0.310 e. The van der Waals surface area contributed by atoms with Gasteiger partial charge in [0.15, 0.2) is 17.5 Å². The molecule has 1 fully saturated rings. The second-order valence-corrected chi connectivity index (χ2v) is 9.69. The number of carboxylic acid groups (broad SMARTS) is 1. The first-order valence-corrected chi connectivity index (χ1v) is 11.8. The Morgan fingerprint density at radius 3 is 2.54 bits per heavy atom. The summed E-state index contributed by atoms with van der Waals surface area (Å²) in [6, 6.07) is 6.62. The van der Waals surface area contributed by atoms with Crippen molar-refractivity contribution in [3.8, 4) is 0 Å². The molecule has 186 valence electrons. The van der Waals surface area contributed by atoms with Crippen LogP contribution in [0.25, 0.3) is 0 Å². The van der Waals surface area contributed by atoms with Crippen molar-refractivity contribution in [3.63, 3.8) is 0 Å². The molecule has 0 amide bonds. The number of pyridine rings is 1. The van der Waals surface area contributed by atoms with Gasteiger partial charge in [-0.25, -0.2) is 13.8 Å². The molecule has 2 aromatic heterocycles. The maximum Gasteiger partial charge on any atom is 0.310 e. The van der Waals surface area contributed by atoms with Gasteiger partial charge >= 0.3 is 5.97 Å². The SMILES string of the molecule is Cc1cc(Nc2nc(CC3(C(=O)O)CCN(Cc4cccc(Cl)c4F)CC3)c(C)c(C)c2F)n[nH]1. The largest absolute Gasteiger partial charge is 0.481 e. The zero-order chi connectivity index (χ0) is 25.3. The Bertz CT molecular complexity index is 1250. The molecule has 35 heavy (non-hydrogen) atoms. The topological polar surface area (TPSA) is 94.1 Å². The fraction of sp³-hybridized carbons (Fsp3) is 0.400. The predicted molar refractivity (Wildman–Crippen MR) is 130 cm³/mol. The summed E-state index contributed by atoms with van der Waals surface area (Å²) in [7, 11) is 0. The molecule has 1 aliphatic heterocycles. The van der Waals surface area contributed by atoms with Gasteiger partial charge in [-0.1, -0.05) is 23.7 Å². The Kier molecular flexibility index (Phi) is 7.10. The molecule has 0 saturated carbocycles. The summed E-state index contributed by atoms with van der Waals surface area (Å²) in [5.41, 5.74) is 1.83. The third-order valence-electron chi connectivity index (χ3n) is 6.93. The number of anilines is 2. The summed E-state index contributed by atoms with van der Waals surface area (Å²) in [4.78, 5) is 19.0. The number of benzene rings is 1. The molecule has 1 aromatic carbocycles. The van der Waals surface area contributed by atoms with Crippen LogP contribution >= 0.6 is 11.6 Å². The van der Waals surface area contributed by atoms with E-state index in [2.05, 4.69) is 20.5 Å². The number of nitrogens with one attached hydrogen (secondary N) is 2. The number of aromatic amines is 1. The Morgan fingerprint density at radius 1 is 1.20 bits per heavy atom. The van der Waals surface area contributed by atoms with Gasteiger partial charge in [-0.3, -0.25) is 14.8 Å². The highest BCUT2D eigenvalue weighted by molar-refractivity contribution is 6.30. The Hall–Kier alpha value is -3.04. The van der Waals surface area contributed by atoms with E-state index in [1.807, 2.05) is 11.8 Å². The van der Waals surface area contributed by atoms with Gasteiger partial charge in [-0.2, -0.15) is 5.10 Å². The number of aliphatic carboxylic acids is 1. The Morgan fingerprint density at radius 2 is 1.91 bits per heavy atom. The van der Waals surface area contributed by atoms with E-state index in [1.165, 1.54) is 6.07 Å². The van der Waals surface area contributed by atoms with Crippen LogP contribution in [-0.2, 0) is 17.8 Å². The minimum Gasteiger partial charge on any atom is -0.481 e. The maximum atomic E-state index is 15.0. The molecule has 0 radical (unpaired) electrons.